The van der Waals surface area contributed by atoms with Gasteiger partial charge in [-0.3, -0.25) is 14.6 Å². The van der Waals surface area contributed by atoms with Crippen LogP contribution in [0, 0.1) is 5.92 Å². The second kappa shape index (κ2) is 5.03. The minimum Gasteiger partial charge on any atom is -0.506 e. The first-order valence-electron chi connectivity index (χ1n) is 5.74. The lowest BCUT2D eigenvalue weighted by Gasteiger charge is -2.12. The Hall–Kier alpha value is -2.11. The highest BCUT2D eigenvalue weighted by Gasteiger charge is 2.30. The van der Waals surface area contributed by atoms with Gasteiger partial charge in [0.2, 0.25) is 0 Å². The van der Waals surface area contributed by atoms with Crippen molar-refractivity contribution in [3.63, 3.8) is 0 Å². The van der Waals surface area contributed by atoms with Crippen LogP contribution in [0.4, 0.5) is 0 Å². The third-order valence-corrected chi connectivity index (χ3v) is 3.10. The molecule has 2 rings (SSSR count). The molecule has 0 aliphatic heterocycles. The van der Waals surface area contributed by atoms with Crippen molar-refractivity contribution in [2.45, 2.75) is 25.3 Å². The molecule has 0 bridgehead atoms. The van der Waals surface area contributed by atoms with E-state index < -0.39 is 5.97 Å². The Kier molecular flexibility index (Phi) is 3.45. The molecule has 1 saturated carbocycles. The Morgan fingerprint density at radius 1 is 1.33 bits per heavy atom. The van der Waals surface area contributed by atoms with Crippen LogP contribution < -0.4 is 5.32 Å². The van der Waals surface area contributed by atoms with E-state index in [-0.39, 0.29) is 29.2 Å². The number of carbonyl (C=O) groups excluding carboxylic acids is 1. The molecule has 1 aliphatic carbocycles. The van der Waals surface area contributed by atoms with Crippen molar-refractivity contribution in [2.24, 2.45) is 5.92 Å². The van der Waals surface area contributed by atoms with Crippen LogP contribution >= 0.6 is 0 Å². The van der Waals surface area contributed by atoms with Gasteiger partial charge in [-0.05, 0) is 25.3 Å². The average molecular weight is 250 g/mol. The zero-order valence-electron chi connectivity index (χ0n) is 9.67. The van der Waals surface area contributed by atoms with Crippen LogP contribution in [-0.4, -0.2) is 33.1 Å². The standard InChI is InChI=1S/C12H14N2O4/c15-10-4-8(5-13-6-10)11(16)14-9-2-1-7(3-9)12(17)18/h4-7,9,15H,1-3H2,(H,14,16)(H,17,18). The summed E-state index contributed by atoms with van der Waals surface area (Å²) in [6.07, 6.45) is 4.30. The number of amides is 1. The molecular formula is C12H14N2O4. The summed E-state index contributed by atoms with van der Waals surface area (Å²) in [6.45, 7) is 0. The third-order valence-electron chi connectivity index (χ3n) is 3.10. The van der Waals surface area contributed by atoms with Gasteiger partial charge in [-0.1, -0.05) is 0 Å². The smallest absolute Gasteiger partial charge is 0.306 e. The molecule has 1 aromatic heterocycles. The lowest BCUT2D eigenvalue weighted by atomic mass is 10.1. The molecule has 6 nitrogen and oxygen atoms in total. The van der Waals surface area contributed by atoms with Crippen molar-refractivity contribution in [3.05, 3.63) is 24.0 Å². The summed E-state index contributed by atoms with van der Waals surface area (Å²) in [5, 5.41) is 20.8. The van der Waals surface area contributed by atoms with E-state index in [2.05, 4.69) is 10.3 Å². The number of aliphatic carboxylic acids is 1. The molecular weight excluding hydrogens is 236 g/mol. The van der Waals surface area contributed by atoms with Crippen LogP contribution in [0.15, 0.2) is 18.5 Å². The lowest BCUT2D eigenvalue weighted by molar-refractivity contribution is -0.141. The van der Waals surface area contributed by atoms with Crippen molar-refractivity contribution in [1.29, 1.82) is 0 Å². The molecule has 6 heteroatoms. The number of nitrogens with zero attached hydrogens (tertiary/aromatic N) is 1. The fourth-order valence-electron chi connectivity index (χ4n) is 2.16. The van der Waals surface area contributed by atoms with Gasteiger partial charge in [0.25, 0.3) is 5.91 Å². The summed E-state index contributed by atoms with van der Waals surface area (Å²) in [6, 6.07) is 1.20. The van der Waals surface area contributed by atoms with E-state index in [4.69, 9.17) is 5.11 Å². The van der Waals surface area contributed by atoms with Gasteiger partial charge in [0.15, 0.2) is 0 Å². The van der Waals surface area contributed by atoms with Gasteiger partial charge in [-0.15, -0.1) is 0 Å². The van der Waals surface area contributed by atoms with Crippen molar-refractivity contribution in [2.75, 3.05) is 0 Å². The summed E-state index contributed by atoms with van der Waals surface area (Å²) in [5.41, 5.74) is 0.272. The zero-order valence-corrected chi connectivity index (χ0v) is 9.67. The number of hydrogen-bond acceptors (Lipinski definition) is 4. The predicted octanol–water partition coefficient (Wildman–Crippen LogP) is 0.770. The van der Waals surface area contributed by atoms with E-state index in [1.54, 1.807) is 0 Å². The monoisotopic (exact) mass is 250 g/mol. The molecule has 1 fully saturated rings. The van der Waals surface area contributed by atoms with Gasteiger partial charge >= 0.3 is 5.97 Å². The number of carboxylic acid groups (broad SMARTS) is 1. The van der Waals surface area contributed by atoms with Crippen molar-refractivity contribution >= 4 is 11.9 Å². The van der Waals surface area contributed by atoms with Crippen molar-refractivity contribution in [3.8, 4) is 5.75 Å². The fourth-order valence-corrected chi connectivity index (χ4v) is 2.16. The average Bonchev–Trinajstić information content (AvgIpc) is 2.77. The molecule has 2 unspecified atom stereocenters. The van der Waals surface area contributed by atoms with Crippen LogP contribution in [0.3, 0.4) is 0 Å². The van der Waals surface area contributed by atoms with Crippen LogP contribution in [0.25, 0.3) is 0 Å². The maximum atomic E-state index is 11.8. The van der Waals surface area contributed by atoms with E-state index in [0.717, 1.165) is 0 Å². The van der Waals surface area contributed by atoms with E-state index in [0.29, 0.717) is 19.3 Å². The van der Waals surface area contributed by atoms with Gasteiger partial charge in [0.1, 0.15) is 5.75 Å². The molecule has 1 amide bonds. The Labute approximate surface area is 104 Å². The normalized spacial score (nSPS) is 22.7. The number of aromatic nitrogens is 1. The maximum Gasteiger partial charge on any atom is 0.306 e. The predicted molar refractivity (Wildman–Crippen MR) is 62.1 cm³/mol. The number of aromatic hydroxyl groups is 1. The highest BCUT2D eigenvalue weighted by atomic mass is 16.4. The first-order valence-corrected chi connectivity index (χ1v) is 5.74. The van der Waals surface area contributed by atoms with E-state index >= 15 is 0 Å². The number of pyridine rings is 1. The molecule has 18 heavy (non-hydrogen) atoms. The summed E-state index contributed by atoms with van der Waals surface area (Å²) in [5.74, 6) is -1.60. The molecule has 3 N–H and O–H groups in total. The Balaban J connectivity index is 1.95. The number of nitrogens with one attached hydrogen (secondary N) is 1. The summed E-state index contributed by atoms with van der Waals surface area (Å²) in [4.78, 5) is 26.3. The van der Waals surface area contributed by atoms with Gasteiger partial charge in [-0.2, -0.15) is 0 Å². The molecule has 2 atom stereocenters. The van der Waals surface area contributed by atoms with Crippen molar-refractivity contribution < 1.29 is 19.8 Å². The molecule has 1 aliphatic rings. The molecule has 1 heterocycles. The largest absolute Gasteiger partial charge is 0.506 e. The lowest BCUT2D eigenvalue weighted by Crippen LogP contribution is -2.33. The minimum absolute atomic E-state index is 0.0718. The summed E-state index contributed by atoms with van der Waals surface area (Å²) >= 11 is 0. The van der Waals surface area contributed by atoms with Gasteiger partial charge in [-0.25, -0.2) is 0 Å². The van der Waals surface area contributed by atoms with Crippen LogP contribution in [-0.2, 0) is 4.79 Å². The Morgan fingerprint density at radius 3 is 2.72 bits per heavy atom. The summed E-state index contributed by atoms with van der Waals surface area (Å²) in [7, 11) is 0. The van der Waals surface area contributed by atoms with E-state index in [1.165, 1.54) is 18.5 Å². The van der Waals surface area contributed by atoms with Gasteiger partial charge in [0.05, 0.1) is 17.7 Å². The molecule has 0 radical (unpaired) electrons. The second-order valence-electron chi connectivity index (χ2n) is 4.45. The minimum atomic E-state index is -0.814. The SMILES string of the molecule is O=C(NC1CCC(C(=O)O)C1)c1cncc(O)c1. The molecule has 0 aromatic carbocycles. The van der Waals surface area contributed by atoms with Crippen molar-refractivity contribution in [1.82, 2.24) is 10.3 Å². The molecule has 1 aromatic rings. The molecule has 0 spiro atoms. The zero-order chi connectivity index (χ0) is 13.1. The van der Waals surface area contributed by atoms with Crippen LogP contribution in [0.1, 0.15) is 29.6 Å². The Bertz CT molecular complexity index is 475. The summed E-state index contributed by atoms with van der Waals surface area (Å²) < 4.78 is 0. The molecule has 0 saturated heterocycles. The number of rotatable bonds is 3. The topological polar surface area (TPSA) is 99.5 Å². The highest BCUT2D eigenvalue weighted by molar-refractivity contribution is 5.94. The third kappa shape index (κ3) is 2.77. The van der Waals surface area contributed by atoms with Crippen LogP contribution in [0.2, 0.25) is 0 Å². The highest BCUT2D eigenvalue weighted by Crippen LogP contribution is 2.25. The van der Waals surface area contributed by atoms with E-state index in [9.17, 15) is 14.7 Å². The number of carbonyl (C=O) groups is 2. The van der Waals surface area contributed by atoms with E-state index in [1.807, 2.05) is 0 Å². The molecule has 96 valence electrons. The Morgan fingerprint density at radius 2 is 2.11 bits per heavy atom. The van der Waals surface area contributed by atoms with Gasteiger partial charge in [0, 0.05) is 12.2 Å². The quantitative estimate of drug-likeness (QED) is 0.735. The maximum absolute atomic E-state index is 11.8. The fraction of sp³-hybridized carbons (Fsp3) is 0.417. The number of hydrogen-bond donors (Lipinski definition) is 3. The first-order chi connectivity index (χ1) is 8.56. The number of carboxylic acids is 1. The van der Waals surface area contributed by atoms with Gasteiger partial charge < -0.3 is 15.5 Å². The first kappa shape index (κ1) is 12.3. The second-order valence-corrected chi connectivity index (χ2v) is 4.45. The van der Waals surface area contributed by atoms with Crippen LogP contribution in [0.5, 0.6) is 5.75 Å².